The highest BCUT2D eigenvalue weighted by Crippen LogP contribution is 2.32. The summed E-state index contributed by atoms with van der Waals surface area (Å²) < 4.78 is 48.2. The molecule has 0 saturated heterocycles. The Morgan fingerprint density at radius 2 is 1.77 bits per heavy atom. The zero-order chi connectivity index (χ0) is 22.3. The molecule has 0 unspecified atom stereocenters. The quantitative estimate of drug-likeness (QED) is 0.397. The van der Waals surface area contributed by atoms with Crippen molar-refractivity contribution in [3.63, 3.8) is 0 Å². The molecule has 11 heteroatoms. The minimum Gasteiger partial charge on any atom is -0.471 e. The van der Waals surface area contributed by atoms with Gasteiger partial charge in [-0.1, -0.05) is 24.3 Å². The van der Waals surface area contributed by atoms with Crippen LogP contribution in [0.5, 0.6) is 5.88 Å². The lowest BCUT2D eigenvalue weighted by atomic mass is 10.1. The molecule has 31 heavy (non-hydrogen) atoms. The third-order valence-electron chi connectivity index (χ3n) is 4.59. The van der Waals surface area contributed by atoms with E-state index in [4.69, 9.17) is 16.3 Å². The number of nitrogens with zero attached hydrogens (tertiary/aromatic N) is 6. The van der Waals surface area contributed by atoms with Gasteiger partial charge in [0.1, 0.15) is 17.9 Å². The maximum Gasteiger partial charge on any atom is 0.434 e. The van der Waals surface area contributed by atoms with Crippen LogP contribution in [0.1, 0.15) is 31.1 Å². The molecular formula is C20H18ClF3N6O. The second-order valence-corrected chi connectivity index (χ2v) is 7.61. The highest BCUT2D eigenvalue weighted by Gasteiger charge is 2.35. The molecule has 3 heterocycles. The topological polar surface area (TPSA) is 70.7 Å². The van der Waals surface area contributed by atoms with Gasteiger partial charge < -0.3 is 9.30 Å². The van der Waals surface area contributed by atoms with E-state index in [1.54, 1.807) is 56.0 Å². The number of rotatable bonds is 5. The molecule has 3 aromatic heterocycles. The van der Waals surface area contributed by atoms with Crippen LogP contribution in [0.3, 0.4) is 0 Å². The Hall–Kier alpha value is -3.14. The fourth-order valence-corrected chi connectivity index (χ4v) is 3.28. The second kappa shape index (κ2) is 7.84. The molecule has 162 valence electrons. The van der Waals surface area contributed by atoms with Gasteiger partial charge >= 0.3 is 6.18 Å². The standard InChI is InChI=1S/C20H18ClF3N6O/c1-11(2)30-9-15(20(22,23)24)26-17(30)13-6-4-12(5-7-13)10-31-18-16-14(8-29(3)28-16)25-19(21)27-18/h4-9,11H,10H2,1-3H3. The zero-order valence-corrected chi connectivity index (χ0v) is 17.6. The number of benzene rings is 1. The fraction of sp³-hybridized carbons (Fsp3) is 0.300. The molecule has 0 bridgehead atoms. The van der Waals surface area contributed by atoms with E-state index in [1.807, 2.05) is 0 Å². The van der Waals surface area contributed by atoms with Crippen molar-refractivity contribution < 1.29 is 17.9 Å². The van der Waals surface area contributed by atoms with Crippen LogP contribution in [0, 0.1) is 0 Å². The molecule has 0 fully saturated rings. The number of alkyl halides is 3. The van der Waals surface area contributed by atoms with E-state index in [2.05, 4.69) is 20.1 Å². The number of hydrogen-bond acceptors (Lipinski definition) is 5. The number of aromatic nitrogens is 6. The lowest BCUT2D eigenvalue weighted by Crippen LogP contribution is -2.05. The monoisotopic (exact) mass is 450 g/mol. The molecule has 0 N–H and O–H groups in total. The maximum absolute atomic E-state index is 13.1. The first-order valence-electron chi connectivity index (χ1n) is 9.37. The van der Waals surface area contributed by atoms with E-state index in [0.717, 1.165) is 11.8 Å². The van der Waals surface area contributed by atoms with Gasteiger partial charge in [-0.25, -0.2) is 9.97 Å². The third-order valence-corrected chi connectivity index (χ3v) is 4.75. The third kappa shape index (κ3) is 4.34. The molecule has 0 radical (unpaired) electrons. The van der Waals surface area contributed by atoms with Crippen molar-refractivity contribution in [2.75, 3.05) is 0 Å². The van der Waals surface area contributed by atoms with Crippen molar-refractivity contribution in [2.24, 2.45) is 7.05 Å². The number of halogens is 4. The van der Waals surface area contributed by atoms with Crippen LogP contribution < -0.4 is 4.74 Å². The Labute approximate surface area is 180 Å². The lowest BCUT2D eigenvalue weighted by Gasteiger charge is -2.12. The second-order valence-electron chi connectivity index (χ2n) is 7.27. The fourth-order valence-electron chi connectivity index (χ4n) is 3.11. The minimum absolute atomic E-state index is 0.0480. The van der Waals surface area contributed by atoms with E-state index in [1.165, 1.54) is 4.57 Å². The van der Waals surface area contributed by atoms with Gasteiger partial charge in [0, 0.05) is 24.8 Å². The SMILES string of the molecule is CC(C)n1cc(C(F)(F)F)nc1-c1ccc(COc2nc(Cl)nc3cn(C)nc23)cc1. The number of hydrogen-bond donors (Lipinski definition) is 0. The summed E-state index contributed by atoms with van der Waals surface area (Å²) in [5.41, 5.74) is 1.51. The molecule has 0 aliphatic rings. The van der Waals surface area contributed by atoms with E-state index in [-0.39, 0.29) is 29.6 Å². The van der Waals surface area contributed by atoms with Crippen molar-refractivity contribution in [1.29, 1.82) is 0 Å². The van der Waals surface area contributed by atoms with Gasteiger partial charge in [-0.15, -0.1) is 0 Å². The van der Waals surface area contributed by atoms with Gasteiger partial charge in [0.25, 0.3) is 0 Å². The average Bonchev–Trinajstić information content (AvgIpc) is 3.30. The molecule has 0 amide bonds. The van der Waals surface area contributed by atoms with Crippen LogP contribution in [0.25, 0.3) is 22.4 Å². The summed E-state index contributed by atoms with van der Waals surface area (Å²) in [6.45, 7) is 3.78. The van der Waals surface area contributed by atoms with Gasteiger partial charge in [0.2, 0.25) is 11.2 Å². The number of aryl methyl sites for hydroxylation is 1. The molecule has 0 atom stereocenters. The van der Waals surface area contributed by atoms with Crippen LogP contribution in [0.15, 0.2) is 36.7 Å². The molecule has 0 aliphatic carbocycles. The largest absolute Gasteiger partial charge is 0.471 e. The molecule has 0 aliphatic heterocycles. The molecular weight excluding hydrogens is 433 g/mol. The first kappa shape index (κ1) is 21.1. The average molecular weight is 451 g/mol. The predicted molar refractivity (Wildman–Crippen MR) is 109 cm³/mol. The summed E-state index contributed by atoms with van der Waals surface area (Å²) in [4.78, 5) is 12.0. The summed E-state index contributed by atoms with van der Waals surface area (Å²) in [6, 6.07) is 6.78. The highest BCUT2D eigenvalue weighted by molar-refractivity contribution is 6.28. The Kier molecular flexibility index (Phi) is 5.34. The van der Waals surface area contributed by atoms with E-state index in [0.29, 0.717) is 16.6 Å². The van der Waals surface area contributed by atoms with Gasteiger partial charge in [0.15, 0.2) is 11.2 Å². The number of fused-ring (bicyclic) bond motifs is 1. The summed E-state index contributed by atoms with van der Waals surface area (Å²) >= 11 is 5.95. The van der Waals surface area contributed by atoms with Crippen LogP contribution >= 0.6 is 11.6 Å². The molecule has 4 aromatic rings. The molecule has 0 saturated carbocycles. The van der Waals surface area contributed by atoms with Gasteiger partial charge in [-0.05, 0) is 31.0 Å². The summed E-state index contributed by atoms with van der Waals surface area (Å²) in [7, 11) is 1.75. The molecule has 7 nitrogen and oxygen atoms in total. The Morgan fingerprint density at radius 1 is 1.06 bits per heavy atom. The molecule has 1 aromatic carbocycles. The molecule has 4 rings (SSSR count). The van der Waals surface area contributed by atoms with Crippen molar-refractivity contribution in [3.05, 3.63) is 53.2 Å². The number of ether oxygens (including phenoxy) is 1. The van der Waals surface area contributed by atoms with Crippen molar-refractivity contribution in [1.82, 2.24) is 29.3 Å². The van der Waals surface area contributed by atoms with Gasteiger partial charge in [0.05, 0.1) is 6.20 Å². The Morgan fingerprint density at radius 3 is 2.42 bits per heavy atom. The van der Waals surface area contributed by atoms with E-state index in [9.17, 15) is 13.2 Å². The first-order valence-corrected chi connectivity index (χ1v) is 9.74. The predicted octanol–water partition coefficient (Wildman–Crippen LogP) is 5.06. The molecule has 0 spiro atoms. The summed E-state index contributed by atoms with van der Waals surface area (Å²) in [5.74, 6) is 0.511. The maximum atomic E-state index is 13.1. The summed E-state index contributed by atoms with van der Waals surface area (Å²) in [6.07, 6.45) is -1.76. The van der Waals surface area contributed by atoms with Crippen LogP contribution in [-0.2, 0) is 19.8 Å². The number of imidazole rings is 1. The Balaban J connectivity index is 1.57. The van der Waals surface area contributed by atoms with Crippen LogP contribution in [0.4, 0.5) is 13.2 Å². The smallest absolute Gasteiger partial charge is 0.434 e. The van der Waals surface area contributed by atoms with Crippen LogP contribution in [0.2, 0.25) is 5.28 Å². The van der Waals surface area contributed by atoms with Gasteiger partial charge in [-0.3, -0.25) is 4.68 Å². The van der Waals surface area contributed by atoms with E-state index >= 15 is 0 Å². The summed E-state index contributed by atoms with van der Waals surface area (Å²) in [5, 5.41) is 4.32. The van der Waals surface area contributed by atoms with Gasteiger partial charge in [-0.2, -0.15) is 23.3 Å². The minimum atomic E-state index is -4.50. The van der Waals surface area contributed by atoms with E-state index < -0.39 is 11.9 Å². The van der Waals surface area contributed by atoms with Crippen molar-refractivity contribution in [2.45, 2.75) is 32.7 Å². The van der Waals surface area contributed by atoms with Crippen LogP contribution in [-0.4, -0.2) is 29.3 Å². The highest BCUT2D eigenvalue weighted by atomic mass is 35.5. The van der Waals surface area contributed by atoms with Crippen molar-refractivity contribution >= 4 is 22.6 Å². The van der Waals surface area contributed by atoms with Crippen molar-refractivity contribution in [3.8, 4) is 17.3 Å². The zero-order valence-electron chi connectivity index (χ0n) is 16.9. The normalized spacial score (nSPS) is 12.1. The first-order chi connectivity index (χ1) is 14.6. The lowest BCUT2D eigenvalue weighted by molar-refractivity contribution is -0.140. The Bertz CT molecular complexity index is 1230.